The van der Waals surface area contributed by atoms with Crippen LogP contribution in [0.3, 0.4) is 0 Å². The monoisotopic (exact) mass is 219 g/mol. The molecule has 0 bridgehead atoms. The first-order chi connectivity index (χ1) is 7.77. The van der Waals surface area contributed by atoms with E-state index in [1.165, 1.54) is 0 Å². The van der Waals surface area contributed by atoms with Crippen LogP contribution in [0.2, 0.25) is 0 Å². The molecule has 0 fully saturated rings. The number of allylic oxidation sites excluding steroid dienone is 1. The van der Waals surface area contributed by atoms with Crippen molar-refractivity contribution in [3.8, 4) is 0 Å². The Kier molecular flexibility index (Phi) is 3.27. The first-order valence-corrected chi connectivity index (χ1v) is 5.59. The van der Waals surface area contributed by atoms with E-state index >= 15 is 0 Å². The molecular formula is C13H17NO2. The summed E-state index contributed by atoms with van der Waals surface area (Å²) in [7, 11) is 0. The molecule has 16 heavy (non-hydrogen) atoms. The number of benzene rings is 1. The van der Waals surface area contributed by atoms with Crippen LogP contribution in [0.1, 0.15) is 18.4 Å². The second-order valence-electron chi connectivity index (χ2n) is 3.99. The van der Waals surface area contributed by atoms with Gasteiger partial charge in [0.15, 0.2) is 5.60 Å². The minimum atomic E-state index is -1.18. The molecule has 0 radical (unpaired) electrons. The minimum Gasteiger partial charge on any atom is -0.495 e. The van der Waals surface area contributed by atoms with Gasteiger partial charge in [0, 0.05) is 6.54 Å². The van der Waals surface area contributed by atoms with Crippen molar-refractivity contribution in [3.05, 3.63) is 47.7 Å². The largest absolute Gasteiger partial charge is 0.495 e. The smallest absolute Gasteiger partial charge is 0.158 e. The lowest BCUT2D eigenvalue weighted by Gasteiger charge is -2.31. The van der Waals surface area contributed by atoms with Crippen LogP contribution in [0.4, 0.5) is 0 Å². The lowest BCUT2D eigenvalue weighted by molar-refractivity contribution is 0.00730. The summed E-state index contributed by atoms with van der Waals surface area (Å²) in [5.41, 5.74) is 5.30. The number of aliphatic hydroxyl groups is 1. The molecule has 0 saturated carbocycles. The Balaban J connectivity index is 2.35. The standard InChI is InChI=1S/C13H17NO2/c14-10-13(15,11-6-2-1-3-7-11)12-8-4-5-9-16-12/h1-3,6-8,15H,4-5,9-10,14H2. The molecule has 1 aromatic rings. The highest BCUT2D eigenvalue weighted by Crippen LogP contribution is 2.31. The van der Waals surface area contributed by atoms with E-state index in [9.17, 15) is 5.11 Å². The first-order valence-electron chi connectivity index (χ1n) is 5.59. The van der Waals surface area contributed by atoms with Gasteiger partial charge in [0.2, 0.25) is 0 Å². The number of hydrogen-bond donors (Lipinski definition) is 2. The average molecular weight is 219 g/mol. The summed E-state index contributed by atoms with van der Waals surface area (Å²) in [6.07, 6.45) is 3.87. The van der Waals surface area contributed by atoms with Crippen molar-refractivity contribution < 1.29 is 9.84 Å². The summed E-state index contributed by atoms with van der Waals surface area (Å²) in [5, 5.41) is 10.6. The van der Waals surface area contributed by atoms with E-state index in [1.54, 1.807) is 0 Å². The maximum Gasteiger partial charge on any atom is 0.158 e. The fourth-order valence-corrected chi connectivity index (χ4v) is 1.92. The van der Waals surface area contributed by atoms with Gasteiger partial charge in [0.05, 0.1) is 6.61 Å². The van der Waals surface area contributed by atoms with Crippen LogP contribution in [0, 0.1) is 0 Å². The van der Waals surface area contributed by atoms with E-state index in [2.05, 4.69) is 0 Å². The topological polar surface area (TPSA) is 55.5 Å². The molecule has 2 rings (SSSR count). The van der Waals surface area contributed by atoms with Gasteiger partial charge in [-0.1, -0.05) is 30.3 Å². The second-order valence-corrected chi connectivity index (χ2v) is 3.99. The SMILES string of the molecule is NCC(O)(C1=CCCCO1)c1ccccc1. The van der Waals surface area contributed by atoms with E-state index in [4.69, 9.17) is 10.5 Å². The Hall–Kier alpha value is -1.32. The van der Waals surface area contributed by atoms with Gasteiger partial charge in [-0.25, -0.2) is 0 Å². The van der Waals surface area contributed by atoms with E-state index in [0.29, 0.717) is 12.4 Å². The van der Waals surface area contributed by atoms with Crippen molar-refractivity contribution in [1.82, 2.24) is 0 Å². The number of hydrogen-bond acceptors (Lipinski definition) is 3. The Bertz CT molecular complexity index is 375. The molecule has 3 heteroatoms. The highest BCUT2D eigenvalue weighted by Gasteiger charge is 2.34. The van der Waals surface area contributed by atoms with Gasteiger partial charge in [-0.15, -0.1) is 0 Å². The van der Waals surface area contributed by atoms with Crippen molar-refractivity contribution in [3.63, 3.8) is 0 Å². The van der Waals surface area contributed by atoms with E-state index < -0.39 is 5.60 Å². The normalized spacial score (nSPS) is 19.5. The van der Waals surface area contributed by atoms with Crippen molar-refractivity contribution in [2.24, 2.45) is 5.73 Å². The summed E-state index contributed by atoms with van der Waals surface area (Å²) in [6, 6.07) is 9.42. The maximum atomic E-state index is 10.6. The van der Waals surface area contributed by atoms with Crippen molar-refractivity contribution >= 4 is 0 Å². The molecule has 1 atom stereocenters. The molecule has 1 aliphatic heterocycles. The van der Waals surface area contributed by atoms with Gasteiger partial charge < -0.3 is 15.6 Å². The Morgan fingerprint density at radius 2 is 2.06 bits per heavy atom. The van der Waals surface area contributed by atoms with Crippen LogP contribution in [-0.4, -0.2) is 18.3 Å². The minimum absolute atomic E-state index is 0.128. The fraction of sp³-hybridized carbons (Fsp3) is 0.385. The molecule has 1 unspecified atom stereocenters. The highest BCUT2D eigenvalue weighted by molar-refractivity contribution is 5.31. The zero-order chi connectivity index (χ0) is 11.4. The summed E-state index contributed by atoms with van der Waals surface area (Å²) in [4.78, 5) is 0. The van der Waals surface area contributed by atoms with Crippen LogP contribution in [0.25, 0.3) is 0 Å². The molecule has 3 N–H and O–H groups in total. The summed E-state index contributed by atoms with van der Waals surface area (Å²) in [5.74, 6) is 0.590. The average Bonchev–Trinajstić information content (AvgIpc) is 2.40. The molecule has 1 aromatic carbocycles. The number of ether oxygens (including phenoxy) is 1. The summed E-state index contributed by atoms with van der Waals surface area (Å²) in [6.45, 7) is 0.782. The summed E-state index contributed by atoms with van der Waals surface area (Å²) < 4.78 is 5.52. The molecule has 0 spiro atoms. The molecular weight excluding hydrogens is 202 g/mol. The van der Waals surface area contributed by atoms with Crippen LogP contribution >= 0.6 is 0 Å². The van der Waals surface area contributed by atoms with Gasteiger partial charge in [0.25, 0.3) is 0 Å². The van der Waals surface area contributed by atoms with Crippen LogP contribution in [-0.2, 0) is 10.3 Å². The molecule has 1 aliphatic rings. The fourth-order valence-electron chi connectivity index (χ4n) is 1.92. The Morgan fingerprint density at radius 1 is 1.31 bits per heavy atom. The predicted octanol–water partition coefficient (Wildman–Crippen LogP) is 1.53. The van der Waals surface area contributed by atoms with E-state index in [1.807, 2.05) is 36.4 Å². The molecule has 0 aliphatic carbocycles. The Labute approximate surface area is 95.5 Å². The third-order valence-electron chi connectivity index (χ3n) is 2.89. The van der Waals surface area contributed by atoms with Crippen molar-refractivity contribution in [2.45, 2.75) is 18.4 Å². The Morgan fingerprint density at radius 3 is 2.62 bits per heavy atom. The maximum absolute atomic E-state index is 10.6. The lowest BCUT2D eigenvalue weighted by Crippen LogP contribution is -2.38. The quantitative estimate of drug-likeness (QED) is 0.810. The molecule has 86 valence electrons. The van der Waals surface area contributed by atoms with Crippen LogP contribution < -0.4 is 5.73 Å². The summed E-state index contributed by atoms with van der Waals surface area (Å²) >= 11 is 0. The molecule has 0 saturated heterocycles. The molecule has 1 heterocycles. The molecule has 0 aromatic heterocycles. The van der Waals surface area contributed by atoms with Gasteiger partial charge in [0.1, 0.15) is 5.76 Å². The van der Waals surface area contributed by atoms with Crippen LogP contribution in [0.15, 0.2) is 42.2 Å². The number of rotatable bonds is 3. The van der Waals surface area contributed by atoms with Gasteiger partial charge in [-0.3, -0.25) is 0 Å². The molecule has 0 amide bonds. The second kappa shape index (κ2) is 4.68. The van der Waals surface area contributed by atoms with Gasteiger partial charge in [-0.05, 0) is 24.5 Å². The van der Waals surface area contributed by atoms with E-state index in [0.717, 1.165) is 18.4 Å². The van der Waals surface area contributed by atoms with Crippen LogP contribution in [0.5, 0.6) is 0 Å². The zero-order valence-corrected chi connectivity index (χ0v) is 9.23. The third-order valence-corrected chi connectivity index (χ3v) is 2.89. The van der Waals surface area contributed by atoms with Crippen molar-refractivity contribution in [2.75, 3.05) is 13.2 Å². The zero-order valence-electron chi connectivity index (χ0n) is 9.23. The third kappa shape index (κ3) is 1.96. The van der Waals surface area contributed by atoms with Gasteiger partial charge in [-0.2, -0.15) is 0 Å². The predicted molar refractivity (Wildman–Crippen MR) is 62.7 cm³/mol. The molecule has 3 nitrogen and oxygen atoms in total. The lowest BCUT2D eigenvalue weighted by atomic mass is 9.90. The van der Waals surface area contributed by atoms with E-state index in [-0.39, 0.29) is 6.54 Å². The highest BCUT2D eigenvalue weighted by atomic mass is 16.5. The van der Waals surface area contributed by atoms with Crippen molar-refractivity contribution in [1.29, 1.82) is 0 Å². The number of nitrogens with two attached hydrogens (primary N) is 1. The first kappa shape index (κ1) is 11.2. The van der Waals surface area contributed by atoms with Gasteiger partial charge >= 0.3 is 0 Å².